The third kappa shape index (κ3) is 3.19. The molecule has 7 heteroatoms. The van der Waals surface area contributed by atoms with Crippen molar-refractivity contribution in [2.24, 2.45) is 5.73 Å². The number of carbonyl (C=O) groups excluding carboxylic acids is 1. The van der Waals surface area contributed by atoms with Crippen LogP contribution in [0, 0.1) is 0 Å². The van der Waals surface area contributed by atoms with Crippen molar-refractivity contribution in [3.63, 3.8) is 0 Å². The highest BCUT2D eigenvalue weighted by molar-refractivity contribution is 5.97. The Bertz CT molecular complexity index is 492. The lowest BCUT2D eigenvalue weighted by molar-refractivity contribution is -0.140. The number of aliphatic carboxylic acids is 1. The summed E-state index contributed by atoms with van der Waals surface area (Å²) in [6.07, 6.45) is 1.09. The second-order valence-corrected chi connectivity index (χ2v) is 4.28. The molecule has 1 saturated heterocycles. The molecule has 102 valence electrons. The molecule has 0 spiro atoms. The smallest absolute Gasteiger partial charge is 0.306 e. The number of pyridine rings is 1. The third-order valence-corrected chi connectivity index (χ3v) is 2.89. The maximum atomic E-state index is 11.4. The highest BCUT2D eigenvalue weighted by atomic mass is 16.5. The van der Waals surface area contributed by atoms with Gasteiger partial charge in [-0.3, -0.25) is 9.59 Å². The second kappa shape index (κ2) is 5.66. The molecule has 2 heterocycles. The van der Waals surface area contributed by atoms with Crippen LogP contribution in [0.4, 0.5) is 5.82 Å². The number of carbonyl (C=O) groups is 2. The van der Waals surface area contributed by atoms with Gasteiger partial charge in [0.2, 0.25) is 0 Å². The standard InChI is InChI=1S/C12H15N3O4/c13-11(18)9-2-1-3-14-12(9)15-4-5-19-8(7-15)6-10(16)17/h1-3,8H,4-7H2,(H2,13,18)(H,16,17). The second-order valence-electron chi connectivity index (χ2n) is 4.28. The van der Waals surface area contributed by atoms with Gasteiger partial charge in [0.25, 0.3) is 5.91 Å². The summed E-state index contributed by atoms with van der Waals surface area (Å²) in [5.41, 5.74) is 5.64. The summed E-state index contributed by atoms with van der Waals surface area (Å²) in [5, 5.41) is 8.78. The molecule has 0 saturated carbocycles. The van der Waals surface area contributed by atoms with Crippen LogP contribution >= 0.6 is 0 Å². The number of morpholine rings is 1. The summed E-state index contributed by atoms with van der Waals surface area (Å²) in [6, 6.07) is 3.24. The fraction of sp³-hybridized carbons (Fsp3) is 0.417. The summed E-state index contributed by atoms with van der Waals surface area (Å²) in [7, 11) is 0. The Kier molecular flexibility index (Phi) is 3.96. The summed E-state index contributed by atoms with van der Waals surface area (Å²) >= 11 is 0. The number of ether oxygens (including phenoxy) is 1. The van der Waals surface area contributed by atoms with Crippen molar-refractivity contribution in [1.82, 2.24) is 4.98 Å². The topological polar surface area (TPSA) is 106 Å². The van der Waals surface area contributed by atoms with E-state index in [0.717, 1.165) is 0 Å². The first-order valence-electron chi connectivity index (χ1n) is 5.91. The summed E-state index contributed by atoms with van der Waals surface area (Å²) in [6.45, 7) is 1.32. The molecule has 7 nitrogen and oxygen atoms in total. The average Bonchev–Trinajstić information content (AvgIpc) is 2.38. The molecule has 1 amide bonds. The van der Waals surface area contributed by atoms with Crippen LogP contribution in [0.5, 0.6) is 0 Å². The van der Waals surface area contributed by atoms with E-state index in [1.165, 1.54) is 0 Å². The Morgan fingerprint density at radius 1 is 1.58 bits per heavy atom. The number of nitrogens with zero attached hydrogens (tertiary/aromatic N) is 2. The number of anilines is 1. The molecule has 0 bridgehead atoms. The van der Waals surface area contributed by atoms with E-state index in [9.17, 15) is 9.59 Å². The molecule has 1 atom stereocenters. The van der Waals surface area contributed by atoms with E-state index in [2.05, 4.69) is 4.98 Å². The minimum absolute atomic E-state index is 0.0742. The van der Waals surface area contributed by atoms with Gasteiger partial charge < -0.3 is 20.5 Å². The highest BCUT2D eigenvalue weighted by Crippen LogP contribution is 2.20. The maximum absolute atomic E-state index is 11.4. The molecule has 1 aliphatic rings. The lowest BCUT2D eigenvalue weighted by Gasteiger charge is -2.33. The third-order valence-electron chi connectivity index (χ3n) is 2.89. The lowest BCUT2D eigenvalue weighted by Crippen LogP contribution is -2.44. The zero-order valence-electron chi connectivity index (χ0n) is 10.3. The van der Waals surface area contributed by atoms with Crippen molar-refractivity contribution >= 4 is 17.7 Å². The van der Waals surface area contributed by atoms with Gasteiger partial charge in [0.15, 0.2) is 0 Å². The van der Waals surface area contributed by atoms with Gasteiger partial charge >= 0.3 is 5.97 Å². The van der Waals surface area contributed by atoms with Crippen molar-refractivity contribution in [1.29, 1.82) is 0 Å². The molecule has 1 unspecified atom stereocenters. The molecule has 0 aliphatic carbocycles. The van der Waals surface area contributed by atoms with Crippen LogP contribution in [0.2, 0.25) is 0 Å². The van der Waals surface area contributed by atoms with Crippen molar-refractivity contribution in [3.8, 4) is 0 Å². The van der Waals surface area contributed by atoms with Crippen LogP contribution in [-0.2, 0) is 9.53 Å². The fourth-order valence-electron chi connectivity index (χ4n) is 2.07. The van der Waals surface area contributed by atoms with Crippen LogP contribution in [0.1, 0.15) is 16.8 Å². The zero-order chi connectivity index (χ0) is 13.8. The minimum atomic E-state index is -0.914. The van der Waals surface area contributed by atoms with Crippen LogP contribution in [0.3, 0.4) is 0 Å². The largest absolute Gasteiger partial charge is 0.481 e. The van der Waals surface area contributed by atoms with Crippen molar-refractivity contribution in [2.75, 3.05) is 24.6 Å². The number of rotatable bonds is 4. The number of carboxylic acid groups (broad SMARTS) is 1. The summed E-state index contributed by atoms with van der Waals surface area (Å²) in [5.74, 6) is -0.985. The molecule has 1 aromatic heterocycles. The Labute approximate surface area is 110 Å². The molecule has 1 fully saturated rings. The van der Waals surface area contributed by atoms with Crippen LogP contribution < -0.4 is 10.6 Å². The number of amides is 1. The number of carboxylic acids is 1. The van der Waals surface area contributed by atoms with E-state index in [4.69, 9.17) is 15.6 Å². The molecule has 0 aromatic carbocycles. The van der Waals surface area contributed by atoms with Crippen molar-refractivity contribution in [3.05, 3.63) is 23.9 Å². The first-order valence-corrected chi connectivity index (χ1v) is 5.91. The monoisotopic (exact) mass is 265 g/mol. The Morgan fingerprint density at radius 2 is 2.37 bits per heavy atom. The SMILES string of the molecule is NC(=O)c1cccnc1N1CCOC(CC(=O)O)C1. The number of nitrogens with two attached hydrogens (primary N) is 1. The van der Waals surface area contributed by atoms with Gasteiger partial charge in [-0.05, 0) is 12.1 Å². The number of aromatic nitrogens is 1. The molecule has 3 N–H and O–H groups in total. The Hall–Kier alpha value is -2.15. The number of primary amides is 1. The van der Waals surface area contributed by atoms with E-state index in [1.54, 1.807) is 18.3 Å². The zero-order valence-corrected chi connectivity index (χ0v) is 10.3. The molecule has 19 heavy (non-hydrogen) atoms. The van der Waals surface area contributed by atoms with E-state index in [-0.39, 0.29) is 6.42 Å². The number of hydrogen-bond acceptors (Lipinski definition) is 5. The molecular formula is C12H15N3O4. The van der Waals surface area contributed by atoms with Gasteiger partial charge in [-0.1, -0.05) is 0 Å². The predicted molar refractivity (Wildman–Crippen MR) is 67.0 cm³/mol. The molecule has 2 rings (SSSR count). The van der Waals surface area contributed by atoms with Gasteiger partial charge in [0.05, 0.1) is 24.7 Å². The molecular weight excluding hydrogens is 250 g/mol. The van der Waals surface area contributed by atoms with E-state index in [1.807, 2.05) is 4.90 Å². The fourth-order valence-corrected chi connectivity index (χ4v) is 2.07. The van der Waals surface area contributed by atoms with Gasteiger partial charge in [-0.25, -0.2) is 4.98 Å². The van der Waals surface area contributed by atoms with E-state index in [0.29, 0.717) is 31.1 Å². The summed E-state index contributed by atoms with van der Waals surface area (Å²) in [4.78, 5) is 28.0. The van der Waals surface area contributed by atoms with Crippen molar-refractivity contribution < 1.29 is 19.4 Å². The number of hydrogen-bond donors (Lipinski definition) is 2. The van der Waals surface area contributed by atoms with Crippen molar-refractivity contribution in [2.45, 2.75) is 12.5 Å². The van der Waals surface area contributed by atoms with Gasteiger partial charge in [-0.2, -0.15) is 0 Å². The van der Waals surface area contributed by atoms with E-state index >= 15 is 0 Å². The van der Waals surface area contributed by atoms with Gasteiger partial charge in [0, 0.05) is 19.3 Å². The minimum Gasteiger partial charge on any atom is -0.481 e. The van der Waals surface area contributed by atoms with Gasteiger partial charge in [-0.15, -0.1) is 0 Å². The summed E-state index contributed by atoms with van der Waals surface area (Å²) < 4.78 is 5.37. The van der Waals surface area contributed by atoms with Crippen LogP contribution in [0.25, 0.3) is 0 Å². The van der Waals surface area contributed by atoms with Gasteiger partial charge in [0.1, 0.15) is 5.82 Å². The maximum Gasteiger partial charge on any atom is 0.306 e. The van der Waals surface area contributed by atoms with E-state index < -0.39 is 18.0 Å². The highest BCUT2D eigenvalue weighted by Gasteiger charge is 2.25. The first-order chi connectivity index (χ1) is 9.08. The Balaban J connectivity index is 2.17. The van der Waals surface area contributed by atoms with Crippen LogP contribution in [0.15, 0.2) is 18.3 Å². The Morgan fingerprint density at radius 3 is 3.05 bits per heavy atom. The lowest BCUT2D eigenvalue weighted by atomic mass is 10.1. The quantitative estimate of drug-likeness (QED) is 0.785. The molecule has 1 aromatic rings. The molecule has 0 radical (unpaired) electrons. The predicted octanol–water partition coefficient (Wildman–Crippen LogP) is -0.140. The molecule has 1 aliphatic heterocycles. The normalized spacial score (nSPS) is 19.2. The average molecular weight is 265 g/mol. The van der Waals surface area contributed by atoms with Crippen LogP contribution in [-0.4, -0.2) is 47.8 Å². The first kappa shape index (κ1) is 13.3.